The Labute approximate surface area is 180 Å². The van der Waals surface area contributed by atoms with Gasteiger partial charge in [-0.05, 0) is 51.7 Å². The first-order valence-corrected chi connectivity index (χ1v) is 12.7. The number of rotatable bonds is 8. The van der Waals surface area contributed by atoms with Crippen molar-refractivity contribution >= 4 is 16.0 Å². The standard InChI is InChI=1S/C20H36N6O3S/c1-3-21-20(22-8-4-9-24-10-5-18(2)6-11-24)25-12-14-26(15-13-25)30(27,28)17-19-7-16-29-23-19/h7,16,18H,3-6,8-15,17H2,1-2H3,(H,21,22). The second kappa shape index (κ2) is 11.1. The lowest BCUT2D eigenvalue weighted by Crippen LogP contribution is -2.54. The third-order valence-corrected chi connectivity index (χ3v) is 7.67. The zero-order chi connectivity index (χ0) is 21.4. The molecule has 0 amide bonds. The van der Waals surface area contributed by atoms with Gasteiger partial charge in [0.2, 0.25) is 10.0 Å². The molecule has 2 aliphatic rings. The van der Waals surface area contributed by atoms with Crippen molar-refractivity contribution in [2.75, 3.05) is 58.9 Å². The molecule has 0 bridgehead atoms. The van der Waals surface area contributed by atoms with Gasteiger partial charge in [0.05, 0.1) is 5.69 Å². The normalized spacial score (nSPS) is 20.6. The van der Waals surface area contributed by atoms with Crippen molar-refractivity contribution in [1.82, 2.24) is 24.6 Å². The summed E-state index contributed by atoms with van der Waals surface area (Å²) in [4.78, 5) is 9.50. The lowest BCUT2D eigenvalue weighted by molar-refractivity contribution is 0.191. The molecule has 0 aromatic carbocycles. The third-order valence-electron chi connectivity index (χ3n) is 5.86. The molecule has 2 aliphatic heterocycles. The lowest BCUT2D eigenvalue weighted by Gasteiger charge is -2.35. The number of piperidine rings is 1. The van der Waals surface area contributed by atoms with E-state index in [0.717, 1.165) is 37.9 Å². The topological polar surface area (TPSA) is 94.3 Å². The number of guanidine groups is 1. The van der Waals surface area contributed by atoms with Crippen LogP contribution in [0.2, 0.25) is 0 Å². The molecule has 170 valence electrons. The van der Waals surface area contributed by atoms with Crippen LogP contribution in [-0.2, 0) is 15.8 Å². The van der Waals surface area contributed by atoms with E-state index in [2.05, 4.69) is 34.1 Å². The summed E-state index contributed by atoms with van der Waals surface area (Å²) in [5, 5.41) is 7.08. The fraction of sp³-hybridized carbons (Fsp3) is 0.800. The number of nitrogens with zero attached hydrogens (tertiary/aromatic N) is 5. The van der Waals surface area contributed by atoms with Crippen molar-refractivity contribution in [3.63, 3.8) is 0 Å². The Kier molecular flexibility index (Phi) is 8.52. The van der Waals surface area contributed by atoms with Crippen LogP contribution in [0.15, 0.2) is 21.8 Å². The summed E-state index contributed by atoms with van der Waals surface area (Å²) in [6.45, 7) is 11.7. The van der Waals surface area contributed by atoms with Gasteiger partial charge < -0.3 is 19.6 Å². The molecule has 1 N–H and O–H groups in total. The smallest absolute Gasteiger partial charge is 0.220 e. The van der Waals surface area contributed by atoms with E-state index in [9.17, 15) is 8.42 Å². The summed E-state index contributed by atoms with van der Waals surface area (Å²) in [6, 6.07) is 1.59. The van der Waals surface area contributed by atoms with Crippen molar-refractivity contribution in [2.45, 2.75) is 38.9 Å². The summed E-state index contributed by atoms with van der Waals surface area (Å²) in [5.74, 6) is 1.63. The average molecular weight is 441 g/mol. The highest BCUT2D eigenvalue weighted by Crippen LogP contribution is 2.16. The number of aromatic nitrogens is 1. The Hall–Kier alpha value is -1.65. The molecule has 0 unspecified atom stereocenters. The van der Waals surface area contributed by atoms with E-state index in [1.165, 1.54) is 32.2 Å². The molecular formula is C20H36N6O3S. The van der Waals surface area contributed by atoms with E-state index in [0.29, 0.717) is 31.9 Å². The van der Waals surface area contributed by atoms with Crippen LogP contribution in [0.3, 0.4) is 0 Å². The monoisotopic (exact) mass is 440 g/mol. The van der Waals surface area contributed by atoms with Gasteiger partial charge in [-0.2, -0.15) is 4.31 Å². The molecule has 0 radical (unpaired) electrons. The molecule has 9 nitrogen and oxygen atoms in total. The summed E-state index contributed by atoms with van der Waals surface area (Å²) >= 11 is 0. The van der Waals surface area contributed by atoms with Gasteiger partial charge in [0, 0.05) is 45.3 Å². The lowest BCUT2D eigenvalue weighted by atomic mass is 9.99. The van der Waals surface area contributed by atoms with Crippen LogP contribution in [0, 0.1) is 5.92 Å². The summed E-state index contributed by atoms with van der Waals surface area (Å²) < 4.78 is 31.5. The van der Waals surface area contributed by atoms with Crippen molar-refractivity contribution in [1.29, 1.82) is 0 Å². The highest BCUT2D eigenvalue weighted by Gasteiger charge is 2.29. The third kappa shape index (κ3) is 6.68. The first kappa shape index (κ1) is 23.0. The van der Waals surface area contributed by atoms with E-state index in [1.54, 1.807) is 10.4 Å². The zero-order valence-electron chi connectivity index (χ0n) is 18.3. The predicted octanol–water partition coefficient (Wildman–Crippen LogP) is 1.21. The number of hydrogen-bond acceptors (Lipinski definition) is 6. The summed E-state index contributed by atoms with van der Waals surface area (Å²) in [5.41, 5.74) is 0.440. The van der Waals surface area contributed by atoms with Crippen LogP contribution >= 0.6 is 0 Å². The first-order chi connectivity index (χ1) is 14.5. The van der Waals surface area contributed by atoms with Gasteiger partial charge in [-0.3, -0.25) is 4.99 Å². The van der Waals surface area contributed by atoms with Crippen molar-refractivity contribution in [2.24, 2.45) is 10.9 Å². The first-order valence-electron chi connectivity index (χ1n) is 11.1. The Morgan fingerprint density at radius 1 is 1.23 bits per heavy atom. The molecule has 1 aromatic heterocycles. The van der Waals surface area contributed by atoms with Crippen molar-refractivity contribution in [3.8, 4) is 0 Å². The van der Waals surface area contributed by atoms with E-state index in [4.69, 9.17) is 9.52 Å². The number of nitrogens with one attached hydrogen (secondary N) is 1. The molecule has 0 aliphatic carbocycles. The molecule has 2 saturated heterocycles. The Morgan fingerprint density at radius 2 is 1.97 bits per heavy atom. The van der Waals surface area contributed by atoms with Gasteiger partial charge in [0.15, 0.2) is 5.96 Å². The van der Waals surface area contributed by atoms with Crippen LogP contribution in [0.5, 0.6) is 0 Å². The fourth-order valence-electron chi connectivity index (χ4n) is 3.96. The van der Waals surface area contributed by atoms with Crippen LogP contribution in [-0.4, -0.2) is 92.5 Å². The van der Waals surface area contributed by atoms with Gasteiger partial charge in [-0.25, -0.2) is 8.42 Å². The molecule has 1 aromatic rings. The van der Waals surface area contributed by atoms with Gasteiger partial charge in [0.1, 0.15) is 12.0 Å². The van der Waals surface area contributed by atoms with E-state index in [-0.39, 0.29) is 5.75 Å². The molecule has 3 rings (SSSR count). The average Bonchev–Trinajstić information content (AvgIpc) is 3.24. The molecule has 2 fully saturated rings. The maximum atomic E-state index is 12.6. The Bertz CT molecular complexity index is 752. The SMILES string of the molecule is CCNC(=NCCCN1CCC(C)CC1)N1CCN(S(=O)(=O)Cc2ccon2)CC1. The maximum Gasteiger partial charge on any atom is 0.220 e. The van der Waals surface area contributed by atoms with Gasteiger partial charge in [-0.15, -0.1) is 0 Å². The van der Waals surface area contributed by atoms with Crippen LogP contribution in [0.4, 0.5) is 0 Å². The second-order valence-electron chi connectivity index (χ2n) is 8.25. The molecule has 0 saturated carbocycles. The quantitative estimate of drug-likeness (QED) is 0.369. The minimum Gasteiger partial charge on any atom is -0.364 e. The van der Waals surface area contributed by atoms with Crippen molar-refractivity contribution < 1.29 is 12.9 Å². The number of likely N-dealkylation sites (tertiary alicyclic amines) is 1. The predicted molar refractivity (Wildman–Crippen MR) is 118 cm³/mol. The molecule has 10 heteroatoms. The Morgan fingerprint density at radius 3 is 2.60 bits per heavy atom. The van der Waals surface area contributed by atoms with Gasteiger partial charge in [-0.1, -0.05) is 12.1 Å². The number of hydrogen-bond donors (Lipinski definition) is 1. The highest BCUT2D eigenvalue weighted by molar-refractivity contribution is 7.88. The summed E-state index contributed by atoms with van der Waals surface area (Å²) in [6.07, 6.45) is 5.05. The number of piperazine rings is 1. The molecule has 30 heavy (non-hydrogen) atoms. The van der Waals surface area contributed by atoms with E-state index < -0.39 is 10.0 Å². The van der Waals surface area contributed by atoms with Crippen LogP contribution in [0.25, 0.3) is 0 Å². The second-order valence-corrected chi connectivity index (χ2v) is 10.2. The summed E-state index contributed by atoms with van der Waals surface area (Å²) in [7, 11) is -3.39. The zero-order valence-corrected chi connectivity index (χ0v) is 19.1. The van der Waals surface area contributed by atoms with Crippen LogP contribution < -0.4 is 5.32 Å². The highest BCUT2D eigenvalue weighted by atomic mass is 32.2. The van der Waals surface area contributed by atoms with E-state index >= 15 is 0 Å². The van der Waals surface area contributed by atoms with Crippen molar-refractivity contribution in [3.05, 3.63) is 18.0 Å². The molecule has 0 atom stereocenters. The van der Waals surface area contributed by atoms with Gasteiger partial charge >= 0.3 is 0 Å². The van der Waals surface area contributed by atoms with Gasteiger partial charge in [0.25, 0.3) is 0 Å². The molecule has 3 heterocycles. The number of aliphatic imine (C=N–C) groups is 1. The molecule has 0 spiro atoms. The van der Waals surface area contributed by atoms with E-state index in [1.807, 2.05) is 0 Å². The number of sulfonamides is 1. The minimum absolute atomic E-state index is 0.118. The minimum atomic E-state index is -3.39. The van der Waals surface area contributed by atoms with Crippen LogP contribution in [0.1, 0.15) is 38.8 Å². The maximum absolute atomic E-state index is 12.6. The largest absolute Gasteiger partial charge is 0.364 e. The molecular weight excluding hydrogens is 404 g/mol. The Balaban J connectivity index is 1.45. The fourth-order valence-corrected chi connectivity index (χ4v) is 5.38.